The van der Waals surface area contributed by atoms with Crippen molar-refractivity contribution in [2.24, 2.45) is 5.92 Å². The van der Waals surface area contributed by atoms with Gasteiger partial charge in [-0.1, -0.05) is 13.8 Å². The predicted molar refractivity (Wildman–Crippen MR) is 75.3 cm³/mol. The second-order valence-electron chi connectivity index (χ2n) is 4.59. The topological polar surface area (TPSA) is 92.5 Å². The Balaban J connectivity index is 2.91. The van der Waals surface area contributed by atoms with Crippen LogP contribution in [0.1, 0.15) is 20.3 Å². The summed E-state index contributed by atoms with van der Waals surface area (Å²) >= 11 is 3.20. The van der Waals surface area contributed by atoms with Crippen LogP contribution in [-0.4, -0.2) is 22.0 Å². The van der Waals surface area contributed by atoms with Crippen LogP contribution in [0.3, 0.4) is 0 Å². The van der Waals surface area contributed by atoms with Crippen LogP contribution in [0.15, 0.2) is 22.7 Å². The summed E-state index contributed by atoms with van der Waals surface area (Å²) in [5, 5.41) is 22.6. The number of rotatable bonds is 6. The summed E-state index contributed by atoms with van der Waals surface area (Å²) in [5.41, 5.74) is 0.479. The predicted octanol–water partition coefficient (Wildman–Crippen LogP) is 3.27. The fourth-order valence-electron chi connectivity index (χ4n) is 1.62. The van der Waals surface area contributed by atoms with E-state index in [0.717, 1.165) is 0 Å². The van der Waals surface area contributed by atoms with Gasteiger partial charge >= 0.3 is 5.97 Å². The second-order valence-corrected chi connectivity index (χ2v) is 5.44. The number of nitrogens with zero attached hydrogens (tertiary/aromatic N) is 1. The van der Waals surface area contributed by atoms with E-state index >= 15 is 0 Å². The van der Waals surface area contributed by atoms with Crippen LogP contribution in [0.5, 0.6) is 0 Å². The fraction of sp³-hybridized carbons (Fsp3) is 0.417. The zero-order valence-corrected chi connectivity index (χ0v) is 12.2. The fourth-order valence-corrected chi connectivity index (χ4v) is 2.10. The molecule has 0 aliphatic heterocycles. The van der Waals surface area contributed by atoms with Crippen LogP contribution in [0, 0.1) is 16.0 Å². The summed E-state index contributed by atoms with van der Waals surface area (Å²) in [6, 6.07) is 3.45. The zero-order chi connectivity index (χ0) is 14.6. The number of carboxylic acid groups (broad SMARTS) is 1. The van der Waals surface area contributed by atoms with Crippen LogP contribution in [0.4, 0.5) is 11.4 Å². The monoisotopic (exact) mass is 330 g/mol. The molecule has 1 aromatic rings. The van der Waals surface area contributed by atoms with Gasteiger partial charge in [0.1, 0.15) is 6.04 Å². The van der Waals surface area contributed by atoms with Gasteiger partial charge in [0.05, 0.1) is 4.92 Å². The van der Waals surface area contributed by atoms with E-state index in [1.165, 1.54) is 18.2 Å². The van der Waals surface area contributed by atoms with Gasteiger partial charge in [-0.25, -0.2) is 4.79 Å². The molecule has 0 radical (unpaired) electrons. The van der Waals surface area contributed by atoms with E-state index in [4.69, 9.17) is 5.11 Å². The molecule has 0 aliphatic rings. The van der Waals surface area contributed by atoms with Crippen LogP contribution in [0.25, 0.3) is 0 Å². The highest BCUT2D eigenvalue weighted by atomic mass is 79.9. The molecular formula is C12H15BrN2O4. The molecule has 0 aromatic heterocycles. The third-order valence-electron chi connectivity index (χ3n) is 2.50. The number of hydrogen-bond donors (Lipinski definition) is 2. The zero-order valence-electron chi connectivity index (χ0n) is 10.6. The minimum atomic E-state index is -0.945. The molecule has 0 aliphatic carbocycles. The number of halogens is 1. The molecule has 0 saturated heterocycles. The molecule has 6 nitrogen and oxygen atoms in total. The van der Waals surface area contributed by atoms with E-state index in [9.17, 15) is 14.9 Å². The molecule has 1 unspecified atom stereocenters. The SMILES string of the molecule is CC(C)CC(Nc1ccc([N+](=O)[O-])cc1Br)C(=O)O. The molecule has 1 atom stereocenters. The van der Waals surface area contributed by atoms with Crippen molar-refractivity contribution in [2.75, 3.05) is 5.32 Å². The number of carboxylic acids is 1. The summed E-state index contributed by atoms with van der Waals surface area (Å²) in [4.78, 5) is 21.2. The Morgan fingerprint density at radius 2 is 2.16 bits per heavy atom. The van der Waals surface area contributed by atoms with Crippen molar-refractivity contribution in [1.29, 1.82) is 0 Å². The summed E-state index contributed by atoms with van der Waals surface area (Å²) in [6.07, 6.45) is 0.471. The highest BCUT2D eigenvalue weighted by Crippen LogP contribution is 2.28. The Morgan fingerprint density at radius 3 is 2.58 bits per heavy atom. The van der Waals surface area contributed by atoms with Gasteiger partial charge in [0, 0.05) is 22.3 Å². The highest BCUT2D eigenvalue weighted by molar-refractivity contribution is 9.10. The van der Waals surface area contributed by atoms with Crippen molar-refractivity contribution in [3.63, 3.8) is 0 Å². The maximum atomic E-state index is 11.1. The molecule has 0 saturated carbocycles. The lowest BCUT2D eigenvalue weighted by molar-refractivity contribution is -0.384. The van der Waals surface area contributed by atoms with Crippen LogP contribution in [0.2, 0.25) is 0 Å². The van der Waals surface area contributed by atoms with Gasteiger partial charge in [-0.05, 0) is 34.3 Å². The molecule has 1 rings (SSSR count). The summed E-state index contributed by atoms with van der Waals surface area (Å²) < 4.78 is 0.469. The molecule has 0 fully saturated rings. The third-order valence-corrected chi connectivity index (χ3v) is 3.15. The number of nitrogens with one attached hydrogen (secondary N) is 1. The van der Waals surface area contributed by atoms with Crippen LogP contribution >= 0.6 is 15.9 Å². The van der Waals surface area contributed by atoms with E-state index in [0.29, 0.717) is 16.6 Å². The van der Waals surface area contributed by atoms with Crippen LogP contribution < -0.4 is 5.32 Å². The van der Waals surface area contributed by atoms with E-state index < -0.39 is 16.9 Å². The Labute approximate surface area is 119 Å². The molecule has 0 amide bonds. The molecule has 19 heavy (non-hydrogen) atoms. The van der Waals surface area contributed by atoms with Gasteiger partial charge in [0.15, 0.2) is 0 Å². The number of hydrogen-bond acceptors (Lipinski definition) is 4. The second kappa shape index (κ2) is 6.51. The number of carbonyl (C=O) groups is 1. The minimum Gasteiger partial charge on any atom is -0.480 e. The van der Waals surface area contributed by atoms with Gasteiger partial charge in [-0.3, -0.25) is 10.1 Å². The molecule has 0 spiro atoms. The molecule has 104 valence electrons. The Kier molecular flexibility index (Phi) is 5.29. The van der Waals surface area contributed by atoms with Gasteiger partial charge in [0.25, 0.3) is 5.69 Å². The van der Waals surface area contributed by atoms with Gasteiger partial charge in [-0.15, -0.1) is 0 Å². The van der Waals surface area contributed by atoms with E-state index in [1.54, 1.807) is 0 Å². The third kappa shape index (κ3) is 4.51. The van der Waals surface area contributed by atoms with Crippen molar-refractivity contribution in [3.8, 4) is 0 Å². The maximum Gasteiger partial charge on any atom is 0.326 e. The van der Waals surface area contributed by atoms with E-state index in [2.05, 4.69) is 21.2 Å². The van der Waals surface area contributed by atoms with Crippen molar-refractivity contribution in [2.45, 2.75) is 26.3 Å². The smallest absolute Gasteiger partial charge is 0.326 e. The number of anilines is 1. The summed E-state index contributed by atoms with van der Waals surface area (Å²) in [6.45, 7) is 3.87. The van der Waals surface area contributed by atoms with E-state index in [1.807, 2.05) is 13.8 Å². The van der Waals surface area contributed by atoms with Crippen molar-refractivity contribution in [1.82, 2.24) is 0 Å². The molecule has 2 N–H and O–H groups in total. The van der Waals surface area contributed by atoms with Gasteiger partial charge in [-0.2, -0.15) is 0 Å². The summed E-state index contributed by atoms with van der Waals surface area (Å²) in [5.74, 6) is -0.718. The standard InChI is InChI=1S/C12H15BrN2O4/c1-7(2)5-11(12(16)17)14-10-4-3-8(15(18)19)6-9(10)13/h3-4,6-7,11,14H,5H2,1-2H3,(H,16,17). The average Bonchev–Trinajstić information content (AvgIpc) is 2.29. The lowest BCUT2D eigenvalue weighted by atomic mass is 10.0. The van der Waals surface area contributed by atoms with Gasteiger partial charge in [0.2, 0.25) is 0 Å². The first kappa shape index (κ1) is 15.4. The van der Waals surface area contributed by atoms with Crippen molar-refractivity contribution < 1.29 is 14.8 Å². The first-order valence-electron chi connectivity index (χ1n) is 5.74. The Bertz CT molecular complexity index is 491. The van der Waals surface area contributed by atoms with Gasteiger partial charge < -0.3 is 10.4 Å². The summed E-state index contributed by atoms with van der Waals surface area (Å²) in [7, 11) is 0. The Hall–Kier alpha value is -1.63. The van der Waals surface area contributed by atoms with E-state index in [-0.39, 0.29) is 11.6 Å². The average molecular weight is 331 g/mol. The molecule has 0 bridgehead atoms. The number of nitro benzene ring substituents is 1. The molecule has 1 aromatic carbocycles. The first-order valence-corrected chi connectivity index (χ1v) is 6.54. The molecule has 7 heteroatoms. The normalized spacial score (nSPS) is 12.2. The molecule has 0 heterocycles. The Morgan fingerprint density at radius 1 is 1.53 bits per heavy atom. The number of nitro groups is 1. The minimum absolute atomic E-state index is 0.0480. The highest BCUT2D eigenvalue weighted by Gasteiger charge is 2.20. The first-order chi connectivity index (χ1) is 8.81. The molecular weight excluding hydrogens is 316 g/mol. The lowest BCUT2D eigenvalue weighted by Crippen LogP contribution is -2.30. The largest absolute Gasteiger partial charge is 0.480 e. The number of benzene rings is 1. The maximum absolute atomic E-state index is 11.1. The quantitative estimate of drug-likeness (QED) is 0.616. The number of aliphatic carboxylic acids is 1. The lowest BCUT2D eigenvalue weighted by Gasteiger charge is -2.18. The number of non-ortho nitro benzene ring substituents is 1. The van der Waals surface area contributed by atoms with Crippen molar-refractivity contribution in [3.05, 3.63) is 32.8 Å². The van der Waals surface area contributed by atoms with Crippen LogP contribution in [-0.2, 0) is 4.79 Å². The van der Waals surface area contributed by atoms with Crippen molar-refractivity contribution >= 4 is 33.3 Å².